The smallest absolute Gasteiger partial charge is 0.149 e. The standard InChI is InChI=1S/C24H16FI2N3O/c1-14-2-4-15(5-3-14)13-31-23-19(26)9-16(10-20(23)27)8-17(12-28)24-29-21-7-6-18(25)11-22(21)30-24/h2-11H,13H2,1H3,(H,29,30)/b17-8-. The number of halogens is 3. The van der Waals surface area contributed by atoms with E-state index < -0.39 is 0 Å². The summed E-state index contributed by atoms with van der Waals surface area (Å²) in [7, 11) is 0. The summed E-state index contributed by atoms with van der Waals surface area (Å²) in [6.07, 6.45) is 1.77. The van der Waals surface area contributed by atoms with Crippen LogP contribution in [0.5, 0.6) is 5.75 Å². The summed E-state index contributed by atoms with van der Waals surface area (Å²) >= 11 is 4.48. The maximum absolute atomic E-state index is 13.5. The van der Waals surface area contributed by atoms with E-state index >= 15 is 0 Å². The van der Waals surface area contributed by atoms with Gasteiger partial charge in [-0.15, -0.1) is 0 Å². The Balaban J connectivity index is 1.60. The van der Waals surface area contributed by atoms with Gasteiger partial charge in [0.25, 0.3) is 0 Å². The highest BCUT2D eigenvalue weighted by atomic mass is 127. The Kier molecular flexibility index (Phi) is 6.57. The van der Waals surface area contributed by atoms with Crippen molar-refractivity contribution in [3.8, 4) is 11.8 Å². The zero-order valence-electron chi connectivity index (χ0n) is 16.4. The number of aromatic amines is 1. The number of rotatable bonds is 5. The molecule has 0 aliphatic heterocycles. The van der Waals surface area contributed by atoms with Crippen LogP contribution in [0.2, 0.25) is 0 Å². The van der Waals surface area contributed by atoms with E-state index in [1.165, 1.54) is 17.7 Å². The molecular weight excluding hydrogens is 619 g/mol. The molecule has 0 radical (unpaired) electrons. The Morgan fingerprint density at radius 2 is 1.84 bits per heavy atom. The van der Waals surface area contributed by atoms with Crippen LogP contribution in [0.25, 0.3) is 22.7 Å². The SMILES string of the molecule is Cc1ccc(COc2c(I)cc(/C=C(/C#N)c3nc4ccc(F)cc4[nH]3)cc2I)cc1. The first-order valence-electron chi connectivity index (χ1n) is 9.38. The summed E-state index contributed by atoms with van der Waals surface area (Å²) in [6, 6.07) is 18.7. The van der Waals surface area contributed by atoms with Gasteiger partial charge in [0, 0.05) is 0 Å². The van der Waals surface area contributed by atoms with Gasteiger partial charge in [0.2, 0.25) is 0 Å². The van der Waals surface area contributed by atoms with Gasteiger partial charge >= 0.3 is 0 Å². The molecule has 1 heterocycles. The second-order valence-electron chi connectivity index (χ2n) is 7.00. The number of nitrogens with one attached hydrogen (secondary N) is 1. The minimum atomic E-state index is -0.351. The maximum atomic E-state index is 13.5. The highest BCUT2D eigenvalue weighted by molar-refractivity contribution is 14.1. The van der Waals surface area contributed by atoms with E-state index in [1.807, 2.05) is 12.1 Å². The number of aryl methyl sites for hydroxylation is 1. The van der Waals surface area contributed by atoms with E-state index in [0.29, 0.717) is 29.0 Å². The fourth-order valence-electron chi connectivity index (χ4n) is 3.07. The minimum Gasteiger partial charge on any atom is -0.487 e. The van der Waals surface area contributed by atoms with Crippen molar-refractivity contribution >= 4 is 67.9 Å². The number of ether oxygens (including phenoxy) is 1. The van der Waals surface area contributed by atoms with Gasteiger partial charge in [-0.25, -0.2) is 9.37 Å². The number of H-pyrrole nitrogens is 1. The maximum Gasteiger partial charge on any atom is 0.149 e. The van der Waals surface area contributed by atoms with Crippen molar-refractivity contribution in [1.82, 2.24) is 9.97 Å². The number of nitriles is 1. The molecule has 7 heteroatoms. The topological polar surface area (TPSA) is 61.7 Å². The third-order valence-electron chi connectivity index (χ3n) is 4.65. The summed E-state index contributed by atoms with van der Waals surface area (Å²) in [6.45, 7) is 2.54. The number of benzene rings is 3. The van der Waals surface area contributed by atoms with Crippen LogP contribution in [-0.4, -0.2) is 9.97 Å². The first-order valence-corrected chi connectivity index (χ1v) is 11.5. The van der Waals surface area contributed by atoms with Crippen LogP contribution in [0, 0.1) is 31.2 Å². The molecule has 4 nitrogen and oxygen atoms in total. The molecule has 4 aromatic rings. The average Bonchev–Trinajstić information content (AvgIpc) is 3.15. The second-order valence-corrected chi connectivity index (χ2v) is 9.33. The summed E-state index contributed by atoms with van der Waals surface area (Å²) in [5.74, 6) is 0.875. The van der Waals surface area contributed by atoms with Gasteiger partial charge in [0.05, 0.1) is 23.7 Å². The predicted octanol–water partition coefficient (Wildman–Crippen LogP) is 6.86. The summed E-state index contributed by atoms with van der Waals surface area (Å²) in [5.41, 5.74) is 4.72. The second kappa shape index (κ2) is 9.36. The minimum absolute atomic E-state index is 0.351. The Morgan fingerprint density at radius 1 is 1.13 bits per heavy atom. The van der Waals surface area contributed by atoms with Crippen LogP contribution in [0.15, 0.2) is 54.6 Å². The molecule has 0 aliphatic rings. The molecule has 0 fully saturated rings. The lowest BCUT2D eigenvalue weighted by Crippen LogP contribution is -1.99. The molecule has 154 valence electrons. The van der Waals surface area contributed by atoms with Crippen molar-refractivity contribution in [3.05, 3.63) is 90.1 Å². The average molecular weight is 635 g/mol. The van der Waals surface area contributed by atoms with E-state index in [-0.39, 0.29) is 5.82 Å². The number of nitrogens with zero attached hydrogens (tertiary/aromatic N) is 2. The normalized spacial score (nSPS) is 11.5. The van der Waals surface area contributed by atoms with Gasteiger partial charge in [0.1, 0.15) is 30.1 Å². The van der Waals surface area contributed by atoms with E-state index in [4.69, 9.17) is 4.74 Å². The van der Waals surface area contributed by atoms with Gasteiger partial charge in [-0.05, 0) is 99.6 Å². The molecule has 3 aromatic carbocycles. The summed E-state index contributed by atoms with van der Waals surface area (Å²) in [4.78, 5) is 7.43. The van der Waals surface area contributed by atoms with Crippen molar-refractivity contribution in [2.75, 3.05) is 0 Å². The lowest BCUT2D eigenvalue weighted by atomic mass is 10.1. The molecule has 0 aliphatic carbocycles. The molecule has 4 rings (SSSR count). The lowest BCUT2D eigenvalue weighted by molar-refractivity contribution is 0.301. The van der Waals surface area contributed by atoms with Crippen LogP contribution in [0.1, 0.15) is 22.5 Å². The van der Waals surface area contributed by atoms with Gasteiger partial charge in [-0.3, -0.25) is 0 Å². The Morgan fingerprint density at radius 3 is 2.52 bits per heavy atom. The number of allylic oxidation sites excluding steroid dienone is 1. The molecule has 0 saturated heterocycles. The number of imidazole rings is 1. The molecule has 0 amide bonds. The zero-order chi connectivity index (χ0) is 22.0. The van der Waals surface area contributed by atoms with E-state index in [1.54, 1.807) is 12.1 Å². The summed E-state index contributed by atoms with van der Waals surface area (Å²) < 4.78 is 21.4. The van der Waals surface area contributed by atoms with E-state index in [0.717, 1.165) is 24.0 Å². The first-order chi connectivity index (χ1) is 14.9. The third-order valence-corrected chi connectivity index (χ3v) is 6.26. The summed E-state index contributed by atoms with van der Waals surface area (Å²) in [5, 5.41) is 9.66. The van der Waals surface area contributed by atoms with Gasteiger partial charge in [0.15, 0.2) is 0 Å². The number of aromatic nitrogens is 2. The fourth-order valence-corrected chi connectivity index (χ4v) is 5.20. The van der Waals surface area contributed by atoms with Crippen LogP contribution in [0.3, 0.4) is 0 Å². The highest BCUT2D eigenvalue weighted by Gasteiger charge is 2.12. The lowest BCUT2D eigenvalue weighted by Gasteiger charge is -2.12. The van der Waals surface area contributed by atoms with Gasteiger partial charge in [-0.1, -0.05) is 29.8 Å². The van der Waals surface area contributed by atoms with Gasteiger partial charge < -0.3 is 9.72 Å². The van der Waals surface area contributed by atoms with Crippen molar-refractivity contribution in [1.29, 1.82) is 5.26 Å². The zero-order valence-corrected chi connectivity index (χ0v) is 20.7. The highest BCUT2D eigenvalue weighted by Crippen LogP contribution is 2.31. The van der Waals surface area contributed by atoms with Gasteiger partial charge in [-0.2, -0.15) is 5.26 Å². The van der Waals surface area contributed by atoms with Crippen LogP contribution in [0.4, 0.5) is 4.39 Å². The monoisotopic (exact) mass is 635 g/mol. The quantitative estimate of drug-likeness (QED) is 0.193. The Labute approximate surface area is 206 Å². The first kappa shape index (κ1) is 21.8. The molecule has 31 heavy (non-hydrogen) atoms. The number of hydrogen-bond donors (Lipinski definition) is 1. The van der Waals surface area contributed by atoms with E-state index in [9.17, 15) is 9.65 Å². The molecule has 1 N–H and O–H groups in total. The molecule has 1 aromatic heterocycles. The molecular formula is C24H16FI2N3O. The largest absolute Gasteiger partial charge is 0.487 e. The van der Waals surface area contributed by atoms with Crippen molar-refractivity contribution in [3.63, 3.8) is 0 Å². The number of fused-ring (bicyclic) bond motifs is 1. The van der Waals surface area contributed by atoms with Crippen molar-refractivity contribution < 1.29 is 9.13 Å². The van der Waals surface area contributed by atoms with Crippen LogP contribution in [-0.2, 0) is 6.61 Å². The van der Waals surface area contributed by atoms with Crippen molar-refractivity contribution in [2.45, 2.75) is 13.5 Å². The molecule has 0 saturated carbocycles. The third kappa shape index (κ3) is 5.07. The van der Waals surface area contributed by atoms with Crippen LogP contribution < -0.4 is 4.74 Å². The van der Waals surface area contributed by atoms with Crippen LogP contribution >= 0.6 is 45.2 Å². The molecule has 0 bridgehead atoms. The molecule has 0 atom stereocenters. The van der Waals surface area contributed by atoms with Crippen molar-refractivity contribution in [2.24, 2.45) is 0 Å². The Hall–Kier alpha value is -2.45. The number of hydrogen-bond acceptors (Lipinski definition) is 3. The molecule has 0 spiro atoms. The Bertz CT molecular complexity index is 1310. The fraction of sp³-hybridized carbons (Fsp3) is 0.0833. The predicted molar refractivity (Wildman–Crippen MR) is 137 cm³/mol. The van der Waals surface area contributed by atoms with E-state index in [2.05, 4.69) is 92.4 Å². The molecule has 0 unspecified atom stereocenters.